The minimum Gasteiger partial charge on any atom is -0.508 e. The highest BCUT2D eigenvalue weighted by molar-refractivity contribution is 5.86. The zero-order valence-electron chi connectivity index (χ0n) is 16.3. The van der Waals surface area contributed by atoms with Gasteiger partial charge < -0.3 is 20.3 Å². The number of nitrogens with one attached hydrogen (secondary N) is 2. The molecule has 1 aliphatic heterocycles. The van der Waals surface area contributed by atoms with Gasteiger partial charge in [-0.05, 0) is 42.2 Å². The van der Waals surface area contributed by atoms with Gasteiger partial charge in [-0.2, -0.15) is 0 Å². The molecule has 0 spiro atoms. The van der Waals surface area contributed by atoms with E-state index >= 15 is 0 Å². The maximum Gasteiger partial charge on any atom is 0.223 e. The van der Waals surface area contributed by atoms with Gasteiger partial charge in [-0.15, -0.1) is 0 Å². The molecule has 0 unspecified atom stereocenters. The number of H-pyrrole nitrogens is 1. The van der Waals surface area contributed by atoms with Gasteiger partial charge in [0.15, 0.2) is 0 Å². The third kappa shape index (κ3) is 4.42. The third-order valence-corrected chi connectivity index (χ3v) is 5.47. The minimum atomic E-state index is -0.111. The number of hydrogen-bond acceptors (Lipinski definition) is 3. The lowest BCUT2D eigenvalue weighted by molar-refractivity contribution is -0.134. The summed E-state index contributed by atoms with van der Waals surface area (Å²) in [5.74, 6) is 0.136. The van der Waals surface area contributed by atoms with Crippen molar-refractivity contribution < 1.29 is 14.7 Å². The van der Waals surface area contributed by atoms with Gasteiger partial charge >= 0.3 is 0 Å². The molecular formula is C23H25N3O3. The summed E-state index contributed by atoms with van der Waals surface area (Å²) in [5.41, 5.74) is 4.56. The van der Waals surface area contributed by atoms with Crippen LogP contribution in [0.5, 0.6) is 5.75 Å². The Labute approximate surface area is 169 Å². The molecule has 0 saturated heterocycles. The number of rotatable bonds is 6. The lowest BCUT2D eigenvalue weighted by Crippen LogP contribution is -2.36. The maximum absolute atomic E-state index is 12.6. The Balaban J connectivity index is 1.23. The number of carbonyl (C=O) groups excluding carboxylic acids is 2. The lowest BCUT2D eigenvalue weighted by Gasteiger charge is -2.27. The summed E-state index contributed by atoms with van der Waals surface area (Å²) in [6.07, 6.45) is 1.95. The molecule has 150 valence electrons. The van der Waals surface area contributed by atoms with E-state index in [1.54, 1.807) is 12.1 Å². The van der Waals surface area contributed by atoms with Crippen LogP contribution in [0.3, 0.4) is 0 Å². The van der Waals surface area contributed by atoms with Gasteiger partial charge in [0.2, 0.25) is 11.8 Å². The van der Waals surface area contributed by atoms with Gasteiger partial charge in [-0.1, -0.05) is 30.3 Å². The molecule has 2 heterocycles. The number of nitrogens with zero attached hydrogens (tertiary/aromatic N) is 1. The number of fused-ring (bicyclic) bond motifs is 3. The summed E-state index contributed by atoms with van der Waals surface area (Å²) in [7, 11) is 0. The number of carbonyl (C=O) groups is 2. The van der Waals surface area contributed by atoms with Gasteiger partial charge in [-0.25, -0.2) is 0 Å². The number of para-hydroxylation sites is 1. The molecule has 2 amide bonds. The van der Waals surface area contributed by atoms with Crippen LogP contribution in [0, 0.1) is 0 Å². The highest BCUT2D eigenvalue weighted by Crippen LogP contribution is 2.27. The van der Waals surface area contributed by atoms with E-state index in [2.05, 4.69) is 22.4 Å². The summed E-state index contributed by atoms with van der Waals surface area (Å²) in [4.78, 5) is 29.9. The van der Waals surface area contributed by atoms with Crippen molar-refractivity contribution in [2.75, 3.05) is 13.1 Å². The molecule has 6 nitrogen and oxygen atoms in total. The van der Waals surface area contributed by atoms with E-state index in [1.807, 2.05) is 29.2 Å². The van der Waals surface area contributed by atoms with Crippen LogP contribution in [0.4, 0.5) is 0 Å². The number of hydrogen-bond donors (Lipinski definition) is 3. The number of benzene rings is 2. The largest absolute Gasteiger partial charge is 0.508 e. The zero-order chi connectivity index (χ0) is 20.2. The standard InChI is InChI=1S/C23H25N3O3/c27-17-7-5-16(6-8-17)11-13-24-22(28)9-10-23(29)26-14-12-19-18-3-1-2-4-20(18)25-21(19)15-26/h1-8,25,27H,9-15H2,(H,24,28). The second kappa shape index (κ2) is 8.39. The fourth-order valence-electron chi connectivity index (χ4n) is 3.88. The molecular weight excluding hydrogens is 366 g/mol. The maximum atomic E-state index is 12.6. The van der Waals surface area contributed by atoms with E-state index in [-0.39, 0.29) is 30.4 Å². The summed E-state index contributed by atoms with van der Waals surface area (Å²) in [5, 5.41) is 13.4. The number of aromatic amines is 1. The Kier molecular flexibility index (Phi) is 5.51. The van der Waals surface area contributed by atoms with Crippen molar-refractivity contribution in [1.29, 1.82) is 0 Å². The molecule has 0 bridgehead atoms. The second-order valence-corrected chi connectivity index (χ2v) is 7.46. The van der Waals surface area contributed by atoms with E-state index in [0.29, 0.717) is 26.1 Å². The van der Waals surface area contributed by atoms with E-state index in [0.717, 1.165) is 23.2 Å². The van der Waals surface area contributed by atoms with E-state index in [9.17, 15) is 14.7 Å². The molecule has 29 heavy (non-hydrogen) atoms. The van der Waals surface area contributed by atoms with Crippen LogP contribution in [0.1, 0.15) is 29.7 Å². The SMILES string of the molecule is O=C(CCC(=O)N1CCc2c([nH]c3ccccc23)C1)NCCc1ccc(O)cc1. The first kappa shape index (κ1) is 19.1. The molecule has 0 atom stereocenters. The number of aromatic nitrogens is 1. The van der Waals surface area contributed by atoms with Crippen molar-refractivity contribution in [3.8, 4) is 5.75 Å². The van der Waals surface area contributed by atoms with Crippen LogP contribution < -0.4 is 5.32 Å². The molecule has 0 saturated carbocycles. The Bertz CT molecular complexity index is 1020. The average molecular weight is 391 g/mol. The van der Waals surface area contributed by atoms with Gasteiger partial charge in [0.25, 0.3) is 0 Å². The van der Waals surface area contributed by atoms with E-state index < -0.39 is 0 Å². The number of phenols is 1. The van der Waals surface area contributed by atoms with Crippen molar-refractivity contribution in [1.82, 2.24) is 15.2 Å². The Morgan fingerprint density at radius 2 is 1.86 bits per heavy atom. The van der Waals surface area contributed by atoms with Crippen molar-refractivity contribution in [3.05, 3.63) is 65.4 Å². The van der Waals surface area contributed by atoms with Crippen molar-refractivity contribution >= 4 is 22.7 Å². The van der Waals surface area contributed by atoms with Gasteiger partial charge in [0, 0.05) is 42.5 Å². The predicted molar refractivity (Wildman–Crippen MR) is 111 cm³/mol. The fraction of sp³-hybridized carbons (Fsp3) is 0.304. The predicted octanol–water partition coefficient (Wildman–Crippen LogP) is 2.90. The van der Waals surface area contributed by atoms with Crippen LogP contribution in [-0.4, -0.2) is 39.9 Å². The van der Waals surface area contributed by atoms with Crippen molar-refractivity contribution in [3.63, 3.8) is 0 Å². The second-order valence-electron chi connectivity index (χ2n) is 7.46. The van der Waals surface area contributed by atoms with Crippen LogP contribution in [0.25, 0.3) is 10.9 Å². The molecule has 0 radical (unpaired) electrons. The van der Waals surface area contributed by atoms with Gasteiger partial charge in [0.05, 0.1) is 6.54 Å². The first-order valence-electron chi connectivity index (χ1n) is 10.0. The fourth-order valence-corrected chi connectivity index (χ4v) is 3.88. The molecule has 1 aromatic heterocycles. The Morgan fingerprint density at radius 3 is 2.69 bits per heavy atom. The molecule has 3 aromatic rings. The number of aromatic hydroxyl groups is 1. The van der Waals surface area contributed by atoms with Crippen molar-refractivity contribution in [2.24, 2.45) is 0 Å². The highest BCUT2D eigenvalue weighted by Gasteiger charge is 2.23. The molecule has 0 aliphatic carbocycles. The first-order chi connectivity index (χ1) is 14.1. The molecule has 3 N–H and O–H groups in total. The normalized spacial score (nSPS) is 13.3. The zero-order valence-corrected chi connectivity index (χ0v) is 16.3. The number of phenolic OH excluding ortho intramolecular Hbond substituents is 1. The molecule has 6 heteroatoms. The molecule has 4 rings (SSSR count). The molecule has 0 fully saturated rings. The van der Waals surface area contributed by atoms with E-state index in [4.69, 9.17) is 0 Å². The Morgan fingerprint density at radius 1 is 1.07 bits per heavy atom. The summed E-state index contributed by atoms with van der Waals surface area (Å²) in [6, 6.07) is 15.1. The molecule has 2 aromatic carbocycles. The van der Waals surface area contributed by atoms with Crippen LogP contribution in [-0.2, 0) is 29.0 Å². The topological polar surface area (TPSA) is 85.4 Å². The summed E-state index contributed by atoms with van der Waals surface area (Å²) < 4.78 is 0. The first-order valence-corrected chi connectivity index (χ1v) is 10.0. The summed E-state index contributed by atoms with van der Waals surface area (Å²) in [6.45, 7) is 1.78. The Hall–Kier alpha value is -3.28. The van der Waals surface area contributed by atoms with Crippen LogP contribution in [0.15, 0.2) is 48.5 Å². The quantitative estimate of drug-likeness (QED) is 0.604. The highest BCUT2D eigenvalue weighted by atomic mass is 16.3. The smallest absolute Gasteiger partial charge is 0.223 e. The third-order valence-electron chi connectivity index (χ3n) is 5.47. The molecule has 1 aliphatic rings. The minimum absolute atomic E-state index is 0.0167. The summed E-state index contributed by atoms with van der Waals surface area (Å²) >= 11 is 0. The number of amides is 2. The van der Waals surface area contributed by atoms with Crippen molar-refractivity contribution in [2.45, 2.75) is 32.2 Å². The van der Waals surface area contributed by atoms with Crippen LogP contribution in [0.2, 0.25) is 0 Å². The van der Waals surface area contributed by atoms with Crippen LogP contribution >= 0.6 is 0 Å². The lowest BCUT2D eigenvalue weighted by atomic mass is 10.0. The van der Waals surface area contributed by atoms with Gasteiger partial charge in [0.1, 0.15) is 5.75 Å². The monoisotopic (exact) mass is 391 g/mol. The average Bonchev–Trinajstić information content (AvgIpc) is 3.11. The van der Waals surface area contributed by atoms with E-state index in [1.165, 1.54) is 10.9 Å². The van der Waals surface area contributed by atoms with Gasteiger partial charge in [-0.3, -0.25) is 9.59 Å².